The molecule has 0 saturated carbocycles. The van der Waals surface area contributed by atoms with E-state index in [-0.39, 0.29) is 28.6 Å². The summed E-state index contributed by atoms with van der Waals surface area (Å²) in [5.41, 5.74) is -0.106. The van der Waals surface area contributed by atoms with Gasteiger partial charge in [-0.2, -0.15) is 0 Å². The zero-order valence-corrected chi connectivity index (χ0v) is 28.3. The summed E-state index contributed by atoms with van der Waals surface area (Å²) in [6.07, 6.45) is 0. The molecule has 3 aromatic carbocycles. The molecule has 1 atom stereocenters. The summed E-state index contributed by atoms with van der Waals surface area (Å²) < 4.78 is 35.4. The predicted molar refractivity (Wildman–Crippen MR) is 172 cm³/mol. The molecule has 14 heteroatoms. The number of carbonyl (C=O) groups excluding carboxylic acids is 2. The average Bonchev–Trinajstić information content (AvgIpc) is 2.94. The van der Waals surface area contributed by atoms with Gasteiger partial charge < -0.3 is 15.0 Å². The van der Waals surface area contributed by atoms with Crippen molar-refractivity contribution in [2.45, 2.75) is 57.6 Å². The predicted octanol–water partition coefficient (Wildman–Crippen LogP) is 5.86. The van der Waals surface area contributed by atoms with Crippen LogP contribution in [-0.2, 0) is 26.2 Å². The molecule has 0 unspecified atom stereocenters. The van der Waals surface area contributed by atoms with Crippen molar-refractivity contribution < 1.29 is 27.7 Å². The molecule has 0 aliphatic heterocycles. The Hall–Kier alpha value is -3.68. The van der Waals surface area contributed by atoms with E-state index in [1.54, 1.807) is 52.0 Å². The lowest BCUT2D eigenvalue weighted by Crippen LogP contribution is -2.54. The first-order valence-electron chi connectivity index (χ1n) is 13.4. The Morgan fingerprint density at radius 3 is 2.30 bits per heavy atom. The van der Waals surface area contributed by atoms with E-state index < -0.39 is 55.5 Å². The van der Waals surface area contributed by atoms with Gasteiger partial charge in [0, 0.05) is 33.2 Å². The third kappa shape index (κ3) is 8.48. The quantitative estimate of drug-likeness (QED) is 0.195. The van der Waals surface area contributed by atoms with Crippen LogP contribution in [-0.4, -0.2) is 55.3 Å². The van der Waals surface area contributed by atoms with E-state index in [1.807, 2.05) is 0 Å². The van der Waals surface area contributed by atoms with Gasteiger partial charge in [-0.15, -0.1) is 0 Å². The first-order chi connectivity index (χ1) is 20.4. The Balaban J connectivity index is 2.16. The first-order valence-corrected chi connectivity index (χ1v) is 16.0. The van der Waals surface area contributed by atoms with Crippen molar-refractivity contribution in [1.29, 1.82) is 0 Å². The highest BCUT2D eigenvalue weighted by Gasteiger charge is 2.35. The maximum Gasteiger partial charge on any atom is 0.273 e. The van der Waals surface area contributed by atoms with Crippen LogP contribution in [0.5, 0.6) is 5.75 Å². The van der Waals surface area contributed by atoms with Gasteiger partial charge in [0.05, 0.1) is 22.6 Å². The molecule has 236 valence electrons. The van der Waals surface area contributed by atoms with Crippen LogP contribution >= 0.6 is 27.5 Å². The number of aryl methyl sites for hydroxylation is 1. The summed E-state index contributed by atoms with van der Waals surface area (Å²) in [6, 6.07) is 13.9. The third-order valence-electron chi connectivity index (χ3n) is 6.59. The Labute approximate surface area is 270 Å². The molecule has 0 bridgehead atoms. The van der Waals surface area contributed by atoms with Crippen molar-refractivity contribution in [2.24, 2.45) is 0 Å². The van der Waals surface area contributed by atoms with Crippen LogP contribution < -0.4 is 14.4 Å². The zero-order valence-electron chi connectivity index (χ0n) is 25.1. The number of anilines is 1. The highest BCUT2D eigenvalue weighted by molar-refractivity contribution is 9.10. The zero-order chi connectivity index (χ0) is 33.0. The van der Waals surface area contributed by atoms with Crippen LogP contribution in [0.4, 0.5) is 11.4 Å². The van der Waals surface area contributed by atoms with Crippen molar-refractivity contribution in [3.8, 4) is 5.75 Å². The fourth-order valence-corrected chi connectivity index (χ4v) is 6.16. The second-order valence-electron chi connectivity index (χ2n) is 11.1. The molecule has 0 aliphatic carbocycles. The lowest BCUT2D eigenvalue weighted by atomic mass is 10.1. The van der Waals surface area contributed by atoms with E-state index in [9.17, 15) is 28.1 Å². The third-order valence-corrected chi connectivity index (χ3v) is 9.10. The molecule has 3 aromatic rings. The van der Waals surface area contributed by atoms with Gasteiger partial charge in [0.15, 0.2) is 0 Å². The van der Waals surface area contributed by atoms with Gasteiger partial charge in [0.1, 0.15) is 18.3 Å². The minimum Gasteiger partial charge on any atom is -0.495 e. The normalized spacial score (nSPS) is 12.3. The topological polar surface area (TPSA) is 139 Å². The number of sulfonamides is 1. The number of nitro groups is 1. The molecular weight excluding hydrogens is 676 g/mol. The molecule has 0 heterocycles. The summed E-state index contributed by atoms with van der Waals surface area (Å²) in [5, 5.41) is 14.7. The number of nitrogens with zero attached hydrogens (tertiary/aromatic N) is 3. The Morgan fingerprint density at radius 2 is 1.73 bits per heavy atom. The summed E-state index contributed by atoms with van der Waals surface area (Å²) in [7, 11) is -3.29. The van der Waals surface area contributed by atoms with Crippen molar-refractivity contribution in [2.75, 3.05) is 18.0 Å². The lowest BCUT2D eigenvalue weighted by Gasteiger charge is -2.33. The molecule has 0 fully saturated rings. The second kappa shape index (κ2) is 14.0. The molecule has 0 spiro atoms. The number of halogens is 2. The molecule has 3 rings (SSSR count). The van der Waals surface area contributed by atoms with E-state index in [1.165, 1.54) is 49.3 Å². The van der Waals surface area contributed by atoms with Gasteiger partial charge in [-0.25, -0.2) is 8.42 Å². The van der Waals surface area contributed by atoms with Gasteiger partial charge in [-0.1, -0.05) is 45.7 Å². The van der Waals surface area contributed by atoms with Crippen LogP contribution in [0, 0.1) is 17.0 Å². The summed E-state index contributed by atoms with van der Waals surface area (Å²) in [5.74, 6) is -1.06. The molecule has 2 amide bonds. The number of hydrogen-bond acceptors (Lipinski definition) is 7. The minimum absolute atomic E-state index is 0.0125. The molecule has 1 N–H and O–H groups in total. The molecular formula is C30H34BrClN4O7S. The van der Waals surface area contributed by atoms with E-state index >= 15 is 0 Å². The van der Waals surface area contributed by atoms with Gasteiger partial charge in [-0.3, -0.25) is 24.0 Å². The summed E-state index contributed by atoms with van der Waals surface area (Å²) >= 11 is 9.64. The second-order valence-corrected chi connectivity index (χ2v) is 14.3. The molecule has 0 aliphatic rings. The van der Waals surface area contributed by atoms with Crippen molar-refractivity contribution in [1.82, 2.24) is 10.2 Å². The maximum atomic E-state index is 14.2. The van der Waals surface area contributed by atoms with E-state index in [0.717, 1.165) is 14.8 Å². The number of hydrogen-bond donors (Lipinski definition) is 1. The van der Waals surface area contributed by atoms with E-state index in [4.69, 9.17) is 16.3 Å². The minimum atomic E-state index is -4.62. The van der Waals surface area contributed by atoms with E-state index in [0.29, 0.717) is 5.56 Å². The van der Waals surface area contributed by atoms with Crippen LogP contribution in [0.2, 0.25) is 5.02 Å². The van der Waals surface area contributed by atoms with Gasteiger partial charge >= 0.3 is 0 Å². The van der Waals surface area contributed by atoms with Crippen molar-refractivity contribution in [3.63, 3.8) is 0 Å². The molecule has 0 radical (unpaired) electrons. The van der Waals surface area contributed by atoms with Crippen LogP contribution in [0.25, 0.3) is 0 Å². The van der Waals surface area contributed by atoms with Crippen LogP contribution in [0.15, 0.2) is 70.0 Å². The smallest absolute Gasteiger partial charge is 0.273 e. The SMILES string of the molecule is COc1ccc(Cl)cc1N(CC(=O)N(Cc1ccc(Br)cc1)[C@H](C)C(=O)NC(C)(C)C)S(=O)(=O)c1ccc(C)c([N+](=O)[O-])c1. The number of amides is 2. The highest BCUT2D eigenvalue weighted by Crippen LogP contribution is 2.36. The number of methoxy groups -OCH3 is 1. The number of rotatable bonds is 11. The standard InChI is InChI=1S/C30H34BrClN4O7S/c1-19-7-13-24(16-25(19)36(39)40)44(41,42)35(26-15-23(32)12-14-27(26)43-6)18-28(37)34(17-21-8-10-22(31)11-9-21)20(2)29(38)33-30(3,4)5/h7-16,20H,17-18H2,1-6H3,(H,33,38)/t20-/m1/s1. The maximum absolute atomic E-state index is 14.2. The van der Waals surface area contributed by atoms with Gasteiger partial charge in [-0.05, 0) is 76.6 Å². The molecule has 0 aromatic heterocycles. The average molecular weight is 710 g/mol. The van der Waals surface area contributed by atoms with Gasteiger partial charge in [0.2, 0.25) is 11.8 Å². The first kappa shape index (κ1) is 34.8. The van der Waals surface area contributed by atoms with Crippen molar-refractivity contribution >= 4 is 60.7 Å². The number of nitrogens with one attached hydrogen (secondary N) is 1. The lowest BCUT2D eigenvalue weighted by molar-refractivity contribution is -0.385. The largest absolute Gasteiger partial charge is 0.495 e. The van der Waals surface area contributed by atoms with Gasteiger partial charge in [0.25, 0.3) is 15.7 Å². The number of ether oxygens (including phenoxy) is 1. The van der Waals surface area contributed by atoms with E-state index in [2.05, 4.69) is 21.2 Å². The summed E-state index contributed by atoms with van der Waals surface area (Å²) in [6.45, 7) is 7.67. The van der Waals surface area contributed by atoms with Crippen molar-refractivity contribution in [3.05, 3.63) is 91.4 Å². The highest BCUT2D eigenvalue weighted by atomic mass is 79.9. The van der Waals surface area contributed by atoms with Crippen LogP contribution in [0.1, 0.15) is 38.8 Å². The molecule has 0 saturated heterocycles. The summed E-state index contributed by atoms with van der Waals surface area (Å²) in [4.78, 5) is 39.2. The molecule has 11 nitrogen and oxygen atoms in total. The number of carbonyl (C=O) groups is 2. The fraction of sp³-hybridized carbons (Fsp3) is 0.333. The molecule has 44 heavy (non-hydrogen) atoms. The van der Waals surface area contributed by atoms with Crippen LogP contribution in [0.3, 0.4) is 0 Å². The number of benzene rings is 3. The Kier molecular flexibility index (Phi) is 11.0. The Bertz CT molecular complexity index is 1660. The number of nitro benzene ring substituents is 1. The Morgan fingerprint density at radius 1 is 1.09 bits per heavy atom. The fourth-order valence-electron chi connectivity index (χ4n) is 4.29. The monoisotopic (exact) mass is 708 g/mol.